The Bertz CT molecular complexity index is 1720. The van der Waals surface area contributed by atoms with Crippen LogP contribution in [0, 0.1) is 0 Å². The van der Waals surface area contributed by atoms with Gasteiger partial charge in [-0.2, -0.15) is 0 Å². The third kappa shape index (κ3) is 5.55. The average Bonchev–Trinajstić information content (AvgIpc) is 3.55. The van der Waals surface area contributed by atoms with Crippen LogP contribution in [0.5, 0.6) is 23.0 Å². The van der Waals surface area contributed by atoms with Crippen molar-refractivity contribution in [1.29, 1.82) is 0 Å². The van der Waals surface area contributed by atoms with Crippen molar-refractivity contribution in [3.05, 3.63) is 78.5 Å². The molecule has 0 radical (unpaired) electrons. The molecule has 214 valence electrons. The Labute approximate surface area is 238 Å². The van der Waals surface area contributed by atoms with Crippen LogP contribution in [0.2, 0.25) is 0 Å². The van der Waals surface area contributed by atoms with Crippen LogP contribution in [-0.4, -0.2) is 50.2 Å². The molecule has 2 aliphatic rings. The fourth-order valence-electron chi connectivity index (χ4n) is 4.54. The molecule has 2 aliphatic heterocycles. The number of benzene rings is 2. The molecule has 2 aromatic carbocycles. The molecule has 1 aromatic heterocycles. The molecular formula is C29H28N2O9S. The molecule has 1 atom stereocenters. The van der Waals surface area contributed by atoms with Gasteiger partial charge in [0.2, 0.25) is 6.79 Å². The predicted molar refractivity (Wildman–Crippen MR) is 148 cm³/mol. The normalized spacial score (nSPS) is 15.7. The second-order valence-corrected chi connectivity index (χ2v) is 9.93. The maximum atomic E-state index is 13.9. The molecule has 0 spiro atoms. The summed E-state index contributed by atoms with van der Waals surface area (Å²) >= 11 is 1.21. The minimum atomic E-state index is -0.849. The van der Waals surface area contributed by atoms with E-state index in [0.717, 1.165) is 5.56 Å². The first-order valence-corrected chi connectivity index (χ1v) is 13.7. The minimum Gasteiger partial charge on any atom is -0.490 e. The Morgan fingerprint density at radius 3 is 2.63 bits per heavy atom. The van der Waals surface area contributed by atoms with E-state index in [1.807, 2.05) is 13.0 Å². The Kier molecular flexibility index (Phi) is 8.11. The van der Waals surface area contributed by atoms with Crippen molar-refractivity contribution >= 4 is 29.4 Å². The van der Waals surface area contributed by atoms with Gasteiger partial charge >= 0.3 is 11.9 Å². The highest BCUT2D eigenvalue weighted by molar-refractivity contribution is 7.07. The van der Waals surface area contributed by atoms with Gasteiger partial charge in [-0.05, 0) is 62.2 Å². The summed E-state index contributed by atoms with van der Waals surface area (Å²) < 4.78 is 34.2. The van der Waals surface area contributed by atoms with Crippen molar-refractivity contribution in [3.8, 4) is 23.0 Å². The van der Waals surface area contributed by atoms with Gasteiger partial charge in [0.05, 0.1) is 42.2 Å². The van der Waals surface area contributed by atoms with E-state index in [2.05, 4.69) is 9.73 Å². The maximum absolute atomic E-state index is 13.9. The zero-order chi connectivity index (χ0) is 29.1. The summed E-state index contributed by atoms with van der Waals surface area (Å²) in [6.45, 7) is 5.54. The van der Waals surface area contributed by atoms with Gasteiger partial charge in [0.15, 0.2) is 34.4 Å². The number of esters is 2. The highest BCUT2D eigenvalue weighted by Gasteiger charge is 2.34. The standard InChI is InChI=1S/C29H28N2O9S/c1-5-36-22-13-18(8-10-19(22)38-14-24(32)35-4)26-25(28(34)37-6-2)16(3)30-29-31(26)27(33)23(41-29)12-17-7-9-20-21(11-17)40-15-39-20/h7-13,26H,5-6,14-15H2,1-4H3/b23-12-/t26-/m1/s1. The number of thiazole rings is 1. The van der Waals surface area contributed by atoms with Crippen molar-refractivity contribution in [1.82, 2.24) is 4.57 Å². The largest absolute Gasteiger partial charge is 0.490 e. The third-order valence-electron chi connectivity index (χ3n) is 6.37. The van der Waals surface area contributed by atoms with Crippen LogP contribution in [0.4, 0.5) is 0 Å². The van der Waals surface area contributed by atoms with Gasteiger partial charge in [-0.3, -0.25) is 9.36 Å². The molecule has 3 aromatic rings. The van der Waals surface area contributed by atoms with Gasteiger partial charge in [0, 0.05) is 0 Å². The van der Waals surface area contributed by atoms with Gasteiger partial charge in [-0.15, -0.1) is 0 Å². The molecule has 0 saturated carbocycles. The van der Waals surface area contributed by atoms with Crippen LogP contribution >= 0.6 is 11.3 Å². The molecular weight excluding hydrogens is 552 g/mol. The lowest BCUT2D eigenvalue weighted by Gasteiger charge is -2.25. The molecule has 5 rings (SSSR count). The quantitative estimate of drug-likeness (QED) is 0.351. The van der Waals surface area contributed by atoms with E-state index in [4.69, 9.17) is 23.7 Å². The predicted octanol–water partition coefficient (Wildman–Crippen LogP) is 2.48. The van der Waals surface area contributed by atoms with Crippen LogP contribution < -0.4 is 33.8 Å². The number of aromatic nitrogens is 1. The fourth-order valence-corrected chi connectivity index (χ4v) is 5.59. The van der Waals surface area contributed by atoms with Crippen molar-refractivity contribution < 1.29 is 38.0 Å². The van der Waals surface area contributed by atoms with Crippen LogP contribution in [-0.2, 0) is 19.1 Å². The summed E-state index contributed by atoms with van der Waals surface area (Å²) in [4.78, 5) is 43.8. The van der Waals surface area contributed by atoms with Crippen molar-refractivity contribution in [2.24, 2.45) is 4.99 Å². The lowest BCUT2D eigenvalue weighted by Crippen LogP contribution is -2.40. The summed E-state index contributed by atoms with van der Waals surface area (Å²) in [5, 5.41) is 0. The number of carbonyl (C=O) groups excluding carboxylic acids is 2. The van der Waals surface area contributed by atoms with Crippen LogP contribution in [0.25, 0.3) is 6.08 Å². The highest BCUT2D eigenvalue weighted by Crippen LogP contribution is 2.37. The molecule has 0 N–H and O–H groups in total. The van der Waals surface area contributed by atoms with E-state index >= 15 is 0 Å². The van der Waals surface area contributed by atoms with E-state index in [9.17, 15) is 14.4 Å². The van der Waals surface area contributed by atoms with Gasteiger partial charge in [-0.1, -0.05) is 23.5 Å². The summed E-state index contributed by atoms with van der Waals surface area (Å²) in [5.74, 6) is 0.774. The molecule has 0 unspecified atom stereocenters. The second kappa shape index (κ2) is 11.9. The van der Waals surface area contributed by atoms with Crippen molar-refractivity contribution in [2.45, 2.75) is 26.8 Å². The Morgan fingerprint density at radius 2 is 1.88 bits per heavy atom. The minimum absolute atomic E-state index is 0.146. The number of allylic oxidation sites excluding steroid dienone is 1. The zero-order valence-electron chi connectivity index (χ0n) is 22.9. The van der Waals surface area contributed by atoms with Gasteiger partial charge < -0.3 is 28.4 Å². The van der Waals surface area contributed by atoms with E-state index in [1.54, 1.807) is 50.3 Å². The zero-order valence-corrected chi connectivity index (χ0v) is 23.7. The summed E-state index contributed by atoms with van der Waals surface area (Å²) in [7, 11) is 1.27. The molecule has 0 bridgehead atoms. The Hall–Kier alpha value is -4.58. The van der Waals surface area contributed by atoms with Gasteiger partial charge in [-0.25, -0.2) is 14.6 Å². The molecule has 12 heteroatoms. The molecule has 11 nitrogen and oxygen atoms in total. The first kappa shape index (κ1) is 28.0. The molecule has 0 aliphatic carbocycles. The number of nitrogens with zero attached hydrogens (tertiary/aromatic N) is 2. The number of rotatable bonds is 9. The lowest BCUT2D eigenvalue weighted by atomic mass is 9.95. The number of hydrogen-bond donors (Lipinski definition) is 0. The maximum Gasteiger partial charge on any atom is 0.343 e. The van der Waals surface area contributed by atoms with Gasteiger partial charge in [0.25, 0.3) is 5.56 Å². The third-order valence-corrected chi connectivity index (χ3v) is 7.35. The Balaban J connectivity index is 1.64. The number of ether oxygens (including phenoxy) is 6. The van der Waals surface area contributed by atoms with Crippen molar-refractivity contribution in [3.63, 3.8) is 0 Å². The second-order valence-electron chi connectivity index (χ2n) is 8.92. The summed E-state index contributed by atoms with van der Waals surface area (Å²) in [6.07, 6.45) is 1.75. The Morgan fingerprint density at radius 1 is 1.07 bits per heavy atom. The summed E-state index contributed by atoms with van der Waals surface area (Å²) in [6, 6.07) is 9.60. The molecule has 3 heterocycles. The van der Waals surface area contributed by atoms with Crippen LogP contribution in [0.1, 0.15) is 37.9 Å². The number of hydrogen-bond acceptors (Lipinski definition) is 11. The van der Waals surface area contributed by atoms with Gasteiger partial charge in [0.1, 0.15) is 0 Å². The molecule has 41 heavy (non-hydrogen) atoms. The SMILES string of the molecule is CCOC(=O)C1=C(C)N=c2s/c(=C\c3ccc4c(c3)OCO4)c(=O)n2[C@@H]1c1ccc(OCC(=O)OC)c(OCC)c1. The number of methoxy groups -OCH3 is 1. The lowest BCUT2D eigenvalue weighted by molar-refractivity contribution is -0.143. The fraction of sp³-hybridized carbons (Fsp3) is 0.310. The monoisotopic (exact) mass is 580 g/mol. The van der Waals surface area contributed by atoms with E-state index in [1.165, 1.54) is 23.0 Å². The van der Waals surface area contributed by atoms with Crippen molar-refractivity contribution in [2.75, 3.05) is 33.7 Å². The summed E-state index contributed by atoms with van der Waals surface area (Å²) in [5.41, 5.74) is 1.68. The van der Waals surface area contributed by atoms with Crippen LogP contribution in [0.3, 0.4) is 0 Å². The van der Waals surface area contributed by atoms with E-state index < -0.39 is 18.0 Å². The number of fused-ring (bicyclic) bond motifs is 2. The highest BCUT2D eigenvalue weighted by atomic mass is 32.1. The topological polar surface area (TPSA) is 124 Å². The first-order valence-electron chi connectivity index (χ1n) is 12.9. The first-order chi connectivity index (χ1) is 19.8. The smallest absolute Gasteiger partial charge is 0.343 e. The molecule has 0 saturated heterocycles. The van der Waals surface area contributed by atoms with E-state index in [-0.39, 0.29) is 31.1 Å². The molecule has 0 amide bonds. The van der Waals surface area contributed by atoms with E-state index in [0.29, 0.717) is 50.2 Å². The average molecular weight is 581 g/mol. The molecule has 0 fully saturated rings. The number of carbonyl (C=O) groups is 2. The van der Waals surface area contributed by atoms with Crippen LogP contribution in [0.15, 0.2) is 57.5 Å².